The maximum Gasteiger partial charge on any atom is 0.0638 e. The monoisotopic (exact) mass is 315 g/mol. The molecule has 21 heavy (non-hydrogen) atoms. The van der Waals surface area contributed by atoms with Crippen LogP contribution in [0.5, 0.6) is 0 Å². The molecular weight excluding hydrogens is 301 g/mol. The highest BCUT2D eigenvalue weighted by Crippen LogP contribution is 2.31. The van der Waals surface area contributed by atoms with Crippen molar-refractivity contribution in [2.24, 2.45) is 0 Å². The van der Waals surface area contributed by atoms with E-state index in [-0.39, 0.29) is 6.04 Å². The third-order valence-corrected chi connectivity index (χ3v) is 4.15. The molecule has 0 aliphatic heterocycles. The minimum Gasteiger partial charge on any atom is -0.377 e. The van der Waals surface area contributed by atoms with Gasteiger partial charge >= 0.3 is 0 Å². The summed E-state index contributed by atoms with van der Waals surface area (Å²) in [5, 5.41) is 7.27. The highest BCUT2D eigenvalue weighted by Gasteiger charge is 2.11. The van der Waals surface area contributed by atoms with E-state index < -0.39 is 0 Å². The van der Waals surface area contributed by atoms with Gasteiger partial charge in [-0.2, -0.15) is 0 Å². The lowest BCUT2D eigenvalue weighted by molar-refractivity contribution is 0.895. The maximum absolute atomic E-state index is 6.22. The minimum absolute atomic E-state index is 0.132. The second-order valence-corrected chi connectivity index (χ2v) is 5.90. The van der Waals surface area contributed by atoms with Crippen LogP contribution < -0.4 is 5.32 Å². The molecule has 1 N–H and O–H groups in total. The third kappa shape index (κ3) is 2.99. The Balaban J connectivity index is 1.97. The van der Waals surface area contributed by atoms with E-state index in [0.29, 0.717) is 10.0 Å². The molecular formula is C18H15Cl2N. The smallest absolute Gasteiger partial charge is 0.0638 e. The van der Waals surface area contributed by atoms with Gasteiger partial charge in [-0.3, -0.25) is 0 Å². The van der Waals surface area contributed by atoms with Crippen molar-refractivity contribution >= 4 is 39.7 Å². The third-order valence-electron chi connectivity index (χ3n) is 3.59. The van der Waals surface area contributed by atoms with Gasteiger partial charge in [-0.05, 0) is 41.5 Å². The first-order chi connectivity index (χ1) is 10.1. The lowest BCUT2D eigenvalue weighted by atomic mass is 9.99. The summed E-state index contributed by atoms with van der Waals surface area (Å²) in [6.45, 7) is 2.12. The fourth-order valence-electron chi connectivity index (χ4n) is 2.55. The topological polar surface area (TPSA) is 12.0 Å². The Morgan fingerprint density at radius 3 is 2.52 bits per heavy atom. The molecule has 106 valence electrons. The van der Waals surface area contributed by atoms with Gasteiger partial charge in [0, 0.05) is 11.1 Å². The summed E-state index contributed by atoms with van der Waals surface area (Å²) >= 11 is 12.3. The zero-order valence-corrected chi connectivity index (χ0v) is 13.1. The molecule has 0 aromatic heterocycles. The zero-order valence-electron chi connectivity index (χ0n) is 11.6. The SMILES string of the molecule is CC(Nc1cc(Cl)ccc1Cl)c1cccc2ccccc12. The van der Waals surface area contributed by atoms with E-state index in [9.17, 15) is 0 Å². The summed E-state index contributed by atoms with van der Waals surface area (Å²) in [6.07, 6.45) is 0. The minimum atomic E-state index is 0.132. The Hall–Kier alpha value is -1.70. The first kappa shape index (κ1) is 14.2. The largest absolute Gasteiger partial charge is 0.377 e. The van der Waals surface area contributed by atoms with E-state index in [2.05, 4.69) is 54.7 Å². The number of hydrogen-bond donors (Lipinski definition) is 1. The van der Waals surface area contributed by atoms with E-state index in [0.717, 1.165) is 5.69 Å². The molecule has 3 heteroatoms. The number of rotatable bonds is 3. The van der Waals surface area contributed by atoms with E-state index in [1.807, 2.05) is 12.1 Å². The van der Waals surface area contributed by atoms with Gasteiger partial charge < -0.3 is 5.32 Å². The van der Waals surface area contributed by atoms with E-state index in [1.54, 1.807) is 6.07 Å². The summed E-state index contributed by atoms with van der Waals surface area (Å²) in [6, 6.07) is 20.3. The summed E-state index contributed by atoms with van der Waals surface area (Å²) in [4.78, 5) is 0. The average molecular weight is 316 g/mol. The number of fused-ring (bicyclic) bond motifs is 1. The van der Waals surface area contributed by atoms with Gasteiger partial charge in [-0.25, -0.2) is 0 Å². The van der Waals surface area contributed by atoms with Crippen molar-refractivity contribution in [1.29, 1.82) is 0 Å². The van der Waals surface area contributed by atoms with E-state index in [1.165, 1.54) is 16.3 Å². The van der Waals surface area contributed by atoms with Crippen LogP contribution in [0.3, 0.4) is 0 Å². The highest BCUT2D eigenvalue weighted by molar-refractivity contribution is 6.35. The summed E-state index contributed by atoms with van der Waals surface area (Å²) < 4.78 is 0. The van der Waals surface area contributed by atoms with Crippen molar-refractivity contribution in [2.45, 2.75) is 13.0 Å². The molecule has 0 saturated heterocycles. The standard InChI is InChI=1S/C18H15Cl2N/c1-12(21-18-11-14(19)9-10-17(18)20)15-8-4-6-13-5-2-3-7-16(13)15/h2-12,21H,1H3. The van der Waals surface area contributed by atoms with Crippen LogP contribution in [0.15, 0.2) is 60.7 Å². The van der Waals surface area contributed by atoms with Gasteiger partial charge in [0.1, 0.15) is 0 Å². The molecule has 3 rings (SSSR count). The van der Waals surface area contributed by atoms with E-state index in [4.69, 9.17) is 23.2 Å². The second kappa shape index (κ2) is 5.97. The molecule has 0 heterocycles. The number of nitrogens with one attached hydrogen (secondary N) is 1. The predicted molar refractivity (Wildman–Crippen MR) is 92.4 cm³/mol. The van der Waals surface area contributed by atoms with Gasteiger partial charge in [0.2, 0.25) is 0 Å². The quantitative estimate of drug-likeness (QED) is 0.596. The molecule has 0 aliphatic rings. The molecule has 0 amide bonds. The molecule has 0 aliphatic carbocycles. The van der Waals surface area contributed by atoms with Crippen molar-refractivity contribution in [3.05, 3.63) is 76.3 Å². The number of benzene rings is 3. The van der Waals surface area contributed by atoms with Crippen molar-refractivity contribution in [3.63, 3.8) is 0 Å². The Labute approximate surface area is 134 Å². The Kier molecular flexibility index (Phi) is 4.05. The van der Waals surface area contributed by atoms with Crippen LogP contribution >= 0.6 is 23.2 Å². The molecule has 3 aromatic rings. The molecule has 0 fully saturated rings. The Morgan fingerprint density at radius 1 is 0.905 bits per heavy atom. The number of anilines is 1. The highest BCUT2D eigenvalue weighted by atomic mass is 35.5. The van der Waals surface area contributed by atoms with Crippen LogP contribution in [-0.4, -0.2) is 0 Å². The van der Waals surface area contributed by atoms with Crippen LogP contribution in [0.4, 0.5) is 5.69 Å². The molecule has 1 nitrogen and oxygen atoms in total. The zero-order chi connectivity index (χ0) is 14.8. The van der Waals surface area contributed by atoms with Crippen LogP contribution in [0.25, 0.3) is 10.8 Å². The fourth-order valence-corrected chi connectivity index (χ4v) is 2.89. The molecule has 0 saturated carbocycles. The molecule has 0 radical (unpaired) electrons. The molecule has 0 bridgehead atoms. The predicted octanol–water partition coefficient (Wildman–Crippen LogP) is 6.32. The number of hydrogen-bond acceptors (Lipinski definition) is 1. The van der Waals surface area contributed by atoms with Crippen molar-refractivity contribution < 1.29 is 0 Å². The number of halogens is 2. The maximum atomic E-state index is 6.22. The van der Waals surface area contributed by atoms with Crippen LogP contribution in [0, 0.1) is 0 Å². The molecule has 0 spiro atoms. The summed E-state index contributed by atoms with van der Waals surface area (Å²) in [7, 11) is 0. The van der Waals surface area contributed by atoms with Gasteiger partial charge in [-0.15, -0.1) is 0 Å². The van der Waals surface area contributed by atoms with Gasteiger partial charge in [-0.1, -0.05) is 65.7 Å². The first-order valence-corrected chi connectivity index (χ1v) is 7.60. The molecule has 3 aromatic carbocycles. The normalized spacial score (nSPS) is 12.3. The van der Waals surface area contributed by atoms with Crippen molar-refractivity contribution in [3.8, 4) is 0 Å². The van der Waals surface area contributed by atoms with Crippen LogP contribution in [0.1, 0.15) is 18.5 Å². The molecule has 1 unspecified atom stereocenters. The average Bonchev–Trinajstić information content (AvgIpc) is 2.50. The van der Waals surface area contributed by atoms with Gasteiger partial charge in [0.25, 0.3) is 0 Å². The van der Waals surface area contributed by atoms with Gasteiger partial charge in [0.05, 0.1) is 10.7 Å². The van der Waals surface area contributed by atoms with Crippen LogP contribution in [-0.2, 0) is 0 Å². The van der Waals surface area contributed by atoms with Crippen molar-refractivity contribution in [2.75, 3.05) is 5.32 Å². The van der Waals surface area contributed by atoms with Gasteiger partial charge in [0.15, 0.2) is 0 Å². The first-order valence-electron chi connectivity index (χ1n) is 6.84. The summed E-state index contributed by atoms with van der Waals surface area (Å²) in [5.41, 5.74) is 2.09. The lowest BCUT2D eigenvalue weighted by Crippen LogP contribution is -2.07. The summed E-state index contributed by atoms with van der Waals surface area (Å²) in [5.74, 6) is 0. The fraction of sp³-hybridized carbons (Fsp3) is 0.111. The van der Waals surface area contributed by atoms with E-state index >= 15 is 0 Å². The van der Waals surface area contributed by atoms with Crippen molar-refractivity contribution in [1.82, 2.24) is 0 Å². The second-order valence-electron chi connectivity index (χ2n) is 5.06. The Morgan fingerprint density at radius 2 is 1.67 bits per heavy atom. The van der Waals surface area contributed by atoms with Crippen LogP contribution in [0.2, 0.25) is 10.0 Å². The molecule has 1 atom stereocenters. The Bertz CT molecular complexity index is 778. The lowest BCUT2D eigenvalue weighted by Gasteiger charge is -2.19.